The van der Waals surface area contributed by atoms with Crippen molar-refractivity contribution in [2.45, 2.75) is 19.3 Å². The van der Waals surface area contributed by atoms with Gasteiger partial charge < -0.3 is 5.32 Å². The summed E-state index contributed by atoms with van der Waals surface area (Å²) in [5, 5.41) is 2.83. The molecule has 0 unspecified atom stereocenters. The number of aromatic amines is 2. The van der Waals surface area contributed by atoms with E-state index < -0.39 is 22.6 Å². The van der Waals surface area contributed by atoms with E-state index in [9.17, 15) is 18.8 Å². The molecule has 0 aliphatic carbocycles. The molecule has 1 amide bonds. The number of nitrogens with one attached hydrogen (secondary N) is 3. The first kappa shape index (κ1) is 17.5. The maximum atomic E-state index is 14.0. The minimum absolute atomic E-state index is 0.0991. The van der Waals surface area contributed by atoms with E-state index >= 15 is 0 Å². The van der Waals surface area contributed by atoms with Gasteiger partial charge >= 0.3 is 5.69 Å². The van der Waals surface area contributed by atoms with E-state index in [1.54, 1.807) is 18.2 Å². The third-order valence-electron chi connectivity index (χ3n) is 4.15. The van der Waals surface area contributed by atoms with Crippen LogP contribution < -0.4 is 16.6 Å². The lowest BCUT2D eigenvalue weighted by Gasteiger charge is -2.26. The maximum Gasteiger partial charge on any atom is 0.327 e. The van der Waals surface area contributed by atoms with Gasteiger partial charge in [0.15, 0.2) is 0 Å². The quantitative estimate of drug-likeness (QED) is 0.658. The van der Waals surface area contributed by atoms with Gasteiger partial charge in [-0.25, -0.2) is 14.2 Å². The summed E-state index contributed by atoms with van der Waals surface area (Å²) in [4.78, 5) is 43.9. The summed E-state index contributed by atoms with van der Waals surface area (Å²) in [6.07, 6.45) is 1.27. The van der Waals surface area contributed by atoms with Crippen molar-refractivity contribution < 1.29 is 9.18 Å². The van der Waals surface area contributed by atoms with Crippen molar-refractivity contribution in [3.63, 3.8) is 0 Å². The fourth-order valence-electron chi connectivity index (χ4n) is 2.68. The highest BCUT2D eigenvalue weighted by molar-refractivity contribution is 5.96. The molecule has 0 aliphatic rings. The Morgan fingerprint density at radius 1 is 1.23 bits per heavy atom. The maximum absolute atomic E-state index is 14.0. The third-order valence-corrected chi connectivity index (χ3v) is 4.15. The van der Waals surface area contributed by atoms with E-state index in [2.05, 4.69) is 20.3 Å². The van der Waals surface area contributed by atoms with Crippen LogP contribution in [0.3, 0.4) is 0 Å². The highest BCUT2D eigenvalue weighted by Gasteiger charge is 2.25. The van der Waals surface area contributed by atoms with E-state index in [4.69, 9.17) is 0 Å². The Hall–Kier alpha value is -3.29. The average molecular weight is 356 g/mol. The zero-order valence-electron chi connectivity index (χ0n) is 14.2. The number of fused-ring (bicyclic) bond motifs is 1. The normalized spacial score (nSPS) is 11.5. The number of hydrogen-bond donors (Lipinski definition) is 3. The van der Waals surface area contributed by atoms with Gasteiger partial charge in [0.05, 0.1) is 10.9 Å². The van der Waals surface area contributed by atoms with Gasteiger partial charge in [0.1, 0.15) is 11.5 Å². The van der Waals surface area contributed by atoms with Gasteiger partial charge in [0, 0.05) is 18.2 Å². The number of hydrogen-bond acceptors (Lipinski definition) is 4. The van der Waals surface area contributed by atoms with Gasteiger partial charge in [-0.2, -0.15) is 0 Å². The summed E-state index contributed by atoms with van der Waals surface area (Å²) in [6, 6.07) is 7.75. The number of amides is 1. The SMILES string of the molecule is CC(C)(CNC(=O)c1cnc2[nH]c(=O)[nH]c(=O)c2c1)c1ccccc1F. The molecule has 7 nitrogen and oxygen atoms in total. The van der Waals surface area contributed by atoms with Crippen LogP contribution in [0.2, 0.25) is 0 Å². The summed E-state index contributed by atoms with van der Waals surface area (Å²) in [5.41, 5.74) is -1.17. The van der Waals surface area contributed by atoms with E-state index in [1.807, 2.05) is 13.8 Å². The van der Waals surface area contributed by atoms with Crippen LogP contribution in [0.15, 0.2) is 46.1 Å². The summed E-state index contributed by atoms with van der Waals surface area (Å²) in [6.45, 7) is 3.83. The molecule has 3 N–H and O–H groups in total. The van der Waals surface area contributed by atoms with Crippen molar-refractivity contribution in [2.75, 3.05) is 6.54 Å². The van der Waals surface area contributed by atoms with E-state index in [-0.39, 0.29) is 29.0 Å². The zero-order valence-corrected chi connectivity index (χ0v) is 14.2. The average Bonchev–Trinajstić information content (AvgIpc) is 2.59. The molecule has 0 aliphatic heterocycles. The van der Waals surface area contributed by atoms with Crippen LogP contribution in [0.5, 0.6) is 0 Å². The Morgan fingerprint density at radius 3 is 2.69 bits per heavy atom. The fourth-order valence-corrected chi connectivity index (χ4v) is 2.68. The highest BCUT2D eigenvalue weighted by Crippen LogP contribution is 2.24. The highest BCUT2D eigenvalue weighted by atomic mass is 19.1. The topological polar surface area (TPSA) is 108 Å². The second-order valence-corrected chi connectivity index (χ2v) is 6.57. The van der Waals surface area contributed by atoms with Crippen LogP contribution in [0.25, 0.3) is 11.0 Å². The number of rotatable bonds is 4. The van der Waals surface area contributed by atoms with Crippen LogP contribution in [0.4, 0.5) is 4.39 Å². The molecule has 0 atom stereocenters. The first-order valence-electron chi connectivity index (χ1n) is 7.93. The second kappa shape index (κ2) is 6.55. The lowest BCUT2D eigenvalue weighted by atomic mass is 9.84. The van der Waals surface area contributed by atoms with Crippen LogP contribution in [0.1, 0.15) is 29.8 Å². The molecule has 0 fully saturated rings. The summed E-state index contributed by atoms with van der Waals surface area (Å²) in [7, 11) is 0. The molecule has 134 valence electrons. The monoisotopic (exact) mass is 356 g/mol. The largest absolute Gasteiger partial charge is 0.351 e. The Kier molecular flexibility index (Phi) is 4.41. The molecule has 2 heterocycles. The molecule has 2 aromatic heterocycles. The molecular weight excluding hydrogens is 339 g/mol. The Labute approximate surface area is 147 Å². The summed E-state index contributed by atoms with van der Waals surface area (Å²) >= 11 is 0. The first-order valence-corrected chi connectivity index (χ1v) is 7.93. The first-order chi connectivity index (χ1) is 12.3. The van der Waals surface area contributed by atoms with Gasteiger partial charge in [-0.15, -0.1) is 0 Å². The van der Waals surface area contributed by atoms with Gasteiger partial charge in [0.25, 0.3) is 11.5 Å². The lowest BCUT2D eigenvalue weighted by molar-refractivity contribution is 0.0945. The predicted octanol–water partition coefficient (Wildman–Crippen LogP) is 1.46. The van der Waals surface area contributed by atoms with Gasteiger partial charge in [0.2, 0.25) is 0 Å². The molecular formula is C18H17FN4O3. The number of carbonyl (C=O) groups excluding carboxylic acids is 1. The van der Waals surface area contributed by atoms with E-state index in [0.29, 0.717) is 5.56 Å². The van der Waals surface area contributed by atoms with Crippen molar-refractivity contribution in [3.8, 4) is 0 Å². The van der Waals surface area contributed by atoms with Crippen LogP contribution in [0, 0.1) is 5.82 Å². The number of nitrogens with zero attached hydrogens (tertiary/aromatic N) is 1. The van der Waals surface area contributed by atoms with Crippen molar-refractivity contribution in [2.24, 2.45) is 0 Å². The molecule has 1 aromatic carbocycles. The Morgan fingerprint density at radius 2 is 1.96 bits per heavy atom. The smallest absolute Gasteiger partial charge is 0.327 e. The molecule has 8 heteroatoms. The molecule has 0 saturated carbocycles. The van der Waals surface area contributed by atoms with Crippen molar-refractivity contribution in [1.29, 1.82) is 0 Å². The number of aromatic nitrogens is 3. The Bertz CT molecular complexity index is 1100. The molecule has 3 aromatic rings. The predicted molar refractivity (Wildman–Crippen MR) is 94.7 cm³/mol. The number of H-pyrrole nitrogens is 2. The molecule has 26 heavy (non-hydrogen) atoms. The third kappa shape index (κ3) is 3.39. The molecule has 0 saturated heterocycles. The number of benzene rings is 1. The standard InChI is InChI=1S/C18H17FN4O3/c1-18(2,12-5-3-4-6-13(12)19)9-21-15(24)10-7-11-14(20-8-10)22-17(26)23-16(11)25/h3-8H,9H2,1-2H3,(H,21,24)(H2,20,22,23,25,26). The zero-order chi connectivity index (χ0) is 18.9. The van der Waals surface area contributed by atoms with E-state index in [1.165, 1.54) is 18.3 Å². The fraction of sp³-hybridized carbons (Fsp3) is 0.222. The summed E-state index contributed by atoms with van der Waals surface area (Å²) < 4.78 is 14.0. The van der Waals surface area contributed by atoms with Crippen LogP contribution in [-0.2, 0) is 5.41 Å². The van der Waals surface area contributed by atoms with Crippen LogP contribution >= 0.6 is 0 Å². The minimum Gasteiger partial charge on any atom is -0.351 e. The van der Waals surface area contributed by atoms with Gasteiger partial charge in [-0.1, -0.05) is 32.0 Å². The van der Waals surface area contributed by atoms with Gasteiger partial charge in [-0.3, -0.25) is 19.6 Å². The number of halogens is 1. The number of pyridine rings is 1. The molecule has 3 rings (SSSR count). The molecule has 0 radical (unpaired) electrons. The van der Waals surface area contributed by atoms with Gasteiger partial charge in [-0.05, 0) is 17.7 Å². The number of carbonyl (C=O) groups is 1. The minimum atomic E-state index is -0.668. The lowest BCUT2D eigenvalue weighted by Crippen LogP contribution is -2.37. The van der Waals surface area contributed by atoms with Crippen molar-refractivity contribution in [3.05, 3.63) is 74.3 Å². The second-order valence-electron chi connectivity index (χ2n) is 6.57. The van der Waals surface area contributed by atoms with Crippen LogP contribution in [-0.4, -0.2) is 27.4 Å². The van der Waals surface area contributed by atoms with Crippen molar-refractivity contribution in [1.82, 2.24) is 20.3 Å². The Balaban J connectivity index is 1.82. The molecule has 0 spiro atoms. The van der Waals surface area contributed by atoms with Crippen molar-refractivity contribution >= 4 is 16.9 Å². The molecule has 0 bridgehead atoms. The van der Waals surface area contributed by atoms with E-state index in [0.717, 1.165) is 0 Å². The summed E-state index contributed by atoms with van der Waals surface area (Å²) in [5.74, 6) is -0.788.